The van der Waals surface area contributed by atoms with E-state index in [2.05, 4.69) is 35.2 Å². The Bertz CT molecular complexity index is 378. The summed E-state index contributed by atoms with van der Waals surface area (Å²) in [5.41, 5.74) is 1.45. The molecule has 1 aliphatic carbocycles. The fourth-order valence-electron chi connectivity index (χ4n) is 3.59. The number of benzene rings is 1. The van der Waals surface area contributed by atoms with Crippen molar-refractivity contribution in [3.8, 4) is 0 Å². The first-order chi connectivity index (χ1) is 10.3. The first-order valence-electron chi connectivity index (χ1n) is 8.43. The molecule has 1 fully saturated rings. The van der Waals surface area contributed by atoms with Crippen LogP contribution in [0.4, 0.5) is 0 Å². The molecule has 0 saturated heterocycles. The Morgan fingerprint density at radius 2 is 1.86 bits per heavy atom. The molecule has 1 aromatic rings. The molecule has 1 saturated carbocycles. The molecule has 1 N–H and O–H groups in total. The van der Waals surface area contributed by atoms with Gasteiger partial charge < -0.3 is 10.0 Å². The second-order valence-electron chi connectivity index (χ2n) is 6.25. The summed E-state index contributed by atoms with van der Waals surface area (Å²) in [5.74, 6) is 1.36. The SMILES string of the molecule is [B]CN(CCCO)CC(c1ccccc1)C1CCCCC1. The van der Waals surface area contributed by atoms with Crippen molar-refractivity contribution >= 4 is 7.85 Å². The summed E-state index contributed by atoms with van der Waals surface area (Å²) >= 11 is 0. The number of hydrogen-bond acceptors (Lipinski definition) is 2. The minimum absolute atomic E-state index is 0.246. The first-order valence-corrected chi connectivity index (χ1v) is 8.43. The Morgan fingerprint density at radius 3 is 2.48 bits per heavy atom. The third kappa shape index (κ3) is 5.16. The summed E-state index contributed by atoms with van der Waals surface area (Å²) in [4.78, 5) is 2.29. The molecular formula is C18H28BNO. The van der Waals surface area contributed by atoms with Gasteiger partial charge in [-0.3, -0.25) is 0 Å². The maximum absolute atomic E-state index is 9.04. The molecule has 0 aromatic heterocycles. The predicted octanol–water partition coefficient (Wildman–Crippen LogP) is 3.16. The minimum atomic E-state index is 0.246. The van der Waals surface area contributed by atoms with Crippen LogP contribution in [0, 0.1) is 5.92 Å². The molecule has 0 spiro atoms. The van der Waals surface area contributed by atoms with Crippen LogP contribution in [0.15, 0.2) is 30.3 Å². The minimum Gasteiger partial charge on any atom is -0.396 e. The molecule has 1 aromatic carbocycles. The Hall–Kier alpha value is -0.795. The molecule has 3 heteroatoms. The fraction of sp³-hybridized carbons (Fsp3) is 0.667. The zero-order valence-corrected chi connectivity index (χ0v) is 13.1. The first kappa shape index (κ1) is 16.6. The van der Waals surface area contributed by atoms with E-state index in [0.717, 1.165) is 25.4 Å². The van der Waals surface area contributed by atoms with E-state index in [4.69, 9.17) is 13.0 Å². The number of nitrogens with zero attached hydrogens (tertiary/aromatic N) is 1. The number of hydrogen-bond donors (Lipinski definition) is 1. The van der Waals surface area contributed by atoms with Crippen LogP contribution in [-0.2, 0) is 0 Å². The molecule has 21 heavy (non-hydrogen) atoms. The fourth-order valence-corrected chi connectivity index (χ4v) is 3.59. The van der Waals surface area contributed by atoms with Crippen molar-refractivity contribution < 1.29 is 5.11 Å². The van der Waals surface area contributed by atoms with Gasteiger partial charge in [-0.25, -0.2) is 0 Å². The molecule has 2 radical (unpaired) electrons. The van der Waals surface area contributed by atoms with Crippen molar-refractivity contribution in [3.63, 3.8) is 0 Å². The van der Waals surface area contributed by atoms with E-state index < -0.39 is 0 Å². The van der Waals surface area contributed by atoms with Crippen molar-refractivity contribution in [2.24, 2.45) is 5.92 Å². The highest BCUT2D eigenvalue weighted by Gasteiger charge is 2.26. The smallest absolute Gasteiger partial charge is 0.0863 e. The van der Waals surface area contributed by atoms with Crippen LogP contribution in [0.25, 0.3) is 0 Å². The van der Waals surface area contributed by atoms with Gasteiger partial charge in [-0.05, 0) is 49.7 Å². The predicted molar refractivity (Wildman–Crippen MR) is 89.7 cm³/mol. The lowest BCUT2D eigenvalue weighted by molar-refractivity contribution is 0.204. The second kappa shape index (κ2) is 9.27. The van der Waals surface area contributed by atoms with Crippen LogP contribution in [0.2, 0.25) is 0 Å². The Morgan fingerprint density at radius 1 is 1.14 bits per heavy atom. The average molecular weight is 285 g/mol. The van der Waals surface area contributed by atoms with E-state index in [1.165, 1.54) is 37.7 Å². The third-order valence-corrected chi connectivity index (χ3v) is 4.79. The average Bonchev–Trinajstić information content (AvgIpc) is 2.57. The van der Waals surface area contributed by atoms with Gasteiger partial charge in [0.15, 0.2) is 0 Å². The largest absolute Gasteiger partial charge is 0.396 e. The number of rotatable bonds is 8. The molecule has 1 aliphatic rings. The van der Waals surface area contributed by atoms with Crippen LogP contribution >= 0.6 is 0 Å². The van der Waals surface area contributed by atoms with E-state index in [9.17, 15) is 0 Å². The van der Waals surface area contributed by atoms with E-state index >= 15 is 0 Å². The molecule has 0 heterocycles. The van der Waals surface area contributed by atoms with Gasteiger partial charge in [-0.2, -0.15) is 0 Å². The summed E-state index contributed by atoms with van der Waals surface area (Å²) in [6.07, 6.45) is 8.21. The van der Waals surface area contributed by atoms with Gasteiger partial charge in [-0.1, -0.05) is 49.6 Å². The Kier molecular flexibility index (Phi) is 7.32. The lowest BCUT2D eigenvalue weighted by Crippen LogP contribution is -2.34. The second-order valence-corrected chi connectivity index (χ2v) is 6.25. The quantitative estimate of drug-likeness (QED) is 0.742. The summed E-state index contributed by atoms with van der Waals surface area (Å²) in [6.45, 7) is 2.16. The van der Waals surface area contributed by atoms with Crippen LogP contribution < -0.4 is 0 Å². The molecule has 0 bridgehead atoms. The van der Waals surface area contributed by atoms with E-state index in [0.29, 0.717) is 12.4 Å². The lowest BCUT2D eigenvalue weighted by Gasteiger charge is -2.34. The lowest BCUT2D eigenvalue weighted by atomic mass is 9.76. The molecule has 114 valence electrons. The zero-order valence-electron chi connectivity index (χ0n) is 13.1. The van der Waals surface area contributed by atoms with E-state index in [1.54, 1.807) is 0 Å². The number of aliphatic hydroxyl groups excluding tert-OH is 1. The zero-order chi connectivity index (χ0) is 14.9. The summed E-state index contributed by atoms with van der Waals surface area (Å²) in [6, 6.07) is 10.9. The molecule has 2 rings (SSSR count). The van der Waals surface area contributed by atoms with Crippen molar-refractivity contribution in [2.75, 3.05) is 26.1 Å². The van der Waals surface area contributed by atoms with Gasteiger partial charge in [-0.15, -0.1) is 0 Å². The Balaban J connectivity index is 2.07. The summed E-state index contributed by atoms with van der Waals surface area (Å²) < 4.78 is 0. The third-order valence-electron chi connectivity index (χ3n) is 4.79. The van der Waals surface area contributed by atoms with Crippen LogP contribution in [-0.4, -0.2) is 44.0 Å². The normalized spacial score (nSPS) is 18.0. The Labute approximate surface area is 131 Å². The van der Waals surface area contributed by atoms with Crippen LogP contribution in [0.1, 0.15) is 50.0 Å². The molecule has 1 unspecified atom stereocenters. The maximum atomic E-state index is 9.04. The highest BCUT2D eigenvalue weighted by atomic mass is 16.3. The highest BCUT2D eigenvalue weighted by Crippen LogP contribution is 2.36. The molecule has 1 atom stereocenters. The van der Waals surface area contributed by atoms with Gasteiger partial charge in [0.05, 0.1) is 7.85 Å². The van der Waals surface area contributed by atoms with Gasteiger partial charge in [0.25, 0.3) is 0 Å². The molecule has 2 nitrogen and oxygen atoms in total. The summed E-state index contributed by atoms with van der Waals surface area (Å²) in [5, 5.41) is 9.04. The van der Waals surface area contributed by atoms with Crippen LogP contribution in [0.3, 0.4) is 0 Å². The molecular weight excluding hydrogens is 257 g/mol. The number of aliphatic hydroxyl groups is 1. The standard InChI is InChI=1S/C18H28BNO/c19-15-20(12-7-13-21)14-18(16-8-3-1-4-9-16)17-10-5-2-6-11-17/h1,3-4,8-9,17-18,21H,2,5-7,10-15H2. The van der Waals surface area contributed by atoms with Crippen molar-refractivity contribution in [1.29, 1.82) is 0 Å². The van der Waals surface area contributed by atoms with Gasteiger partial charge in [0, 0.05) is 13.2 Å². The topological polar surface area (TPSA) is 23.5 Å². The monoisotopic (exact) mass is 285 g/mol. The van der Waals surface area contributed by atoms with E-state index in [-0.39, 0.29) is 6.61 Å². The van der Waals surface area contributed by atoms with Gasteiger partial charge >= 0.3 is 0 Å². The van der Waals surface area contributed by atoms with Crippen molar-refractivity contribution in [2.45, 2.75) is 44.4 Å². The maximum Gasteiger partial charge on any atom is 0.0863 e. The van der Waals surface area contributed by atoms with Gasteiger partial charge in [0.2, 0.25) is 0 Å². The highest BCUT2D eigenvalue weighted by molar-refractivity contribution is 6.08. The van der Waals surface area contributed by atoms with E-state index in [1.807, 2.05) is 0 Å². The molecule has 0 amide bonds. The summed E-state index contributed by atoms with van der Waals surface area (Å²) in [7, 11) is 5.91. The van der Waals surface area contributed by atoms with Crippen molar-refractivity contribution in [3.05, 3.63) is 35.9 Å². The van der Waals surface area contributed by atoms with Gasteiger partial charge in [0.1, 0.15) is 0 Å². The molecule has 0 aliphatic heterocycles. The van der Waals surface area contributed by atoms with Crippen LogP contribution in [0.5, 0.6) is 0 Å². The van der Waals surface area contributed by atoms with Crippen molar-refractivity contribution in [1.82, 2.24) is 4.90 Å².